The number of rotatable bonds is 0. The fourth-order valence-corrected chi connectivity index (χ4v) is 3.00. The molecule has 0 amide bonds. The average molecular weight is 229 g/mol. The topological polar surface area (TPSA) is 0 Å². The molecule has 1 fully saturated rings. The molecule has 5 radical (unpaired) electrons. The van der Waals surface area contributed by atoms with E-state index in [4.69, 9.17) is 0 Å². The number of hydrogen-bond donors (Lipinski definition) is 0. The van der Waals surface area contributed by atoms with Gasteiger partial charge in [0.1, 0.15) is 0 Å². The van der Waals surface area contributed by atoms with Gasteiger partial charge in [-0.15, -0.1) is 0 Å². The molecule has 0 nitrogen and oxygen atoms in total. The minimum Gasteiger partial charge on any atom is -0.0619 e. The third kappa shape index (κ3) is 1.32. The molecular weight excluding hydrogens is 216 g/mol. The summed E-state index contributed by atoms with van der Waals surface area (Å²) in [6.07, 6.45) is 4.59. The Bertz CT molecular complexity index is 543. The largest absolute Gasteiger partial charge is 0.0619 e. The monoisotopic (exact) mass is 229 g/mol. The van der Waals surface area contributed by atoms with Crippen LogP contribution in [-0.4, -0.2) is 0 Å². The van der Waals surface area contributed by atoms with Crippen molar-refractivity contribution in [3.05, 3.63) is 90.3 Å². The Morgan fingerprint density at radius 2 is 0.944 bits per heavy atom. The van der Waals surface area contributed by atoms with E-state index in [1.807, 2.05) is 0 Å². The summed E-state index contributed by atoms with van der Waals surface area (Å²) in [6.45, 7) is 2.17. The summed E-state index contributed by atoms with van der Waals surface area (Å²) in [6, 6.07) is 17.4. The van der Waals surface area contributed by atoms with Gasteiger partial charge < -0.3 is 0 Å². The molecule has 18 heavy (non-hydrogen) atoms. The third-order valence-corrected chi connectivity index (χ3v) is 3.76. The van der Waals surface area contributed by atoms with E-state index in [9.17, 15) is 0 Å². The molecule has 2 aromatic carbocycles. The first-order chi connectivity index (χ1) is 8.84. The maximum absolute atomic E-state index is 2.30. The van der Waals surface area contributed by atoms with Crippen molar-refractivity contribution in [2.75, 3.05) is 0 Å². The Kier molecular flexibility index (Phi) is 2.14. The van der Waals surface area contributed by atoms with Gasteiger partial charge in [0, 0.05) is 11.8 Å². The van der Waals surface area contributed by atoms with E-state index in [0.717, 1.165) is 0 Å². The Morgan fingerprint density at radius 1 is 0.556 bits per heavy atom. The number of benzene rings is 2. The van der Waals surface area contributed by atoms with Crippen molar-refractivity contribution in [1.82, 2.24) is 0 Å². The van der Waals surface area contributed by atoms with Crippen LogP contribution in [-0.2, 0) is 0 Å². The molecule has 0 aromatic heterocycles. The van der Waals surface area contributed by atoms with Gasteiger partial charge in [-0.2, -0.15) is 0 Å². The van der Waals surface area contributed by atoms with Crippen LogP contribution in [0.5, 0.6) is 0 Å². The molecule has 4 rings (SSSR count). The lowest BCUT2D eigenvalue weighted by molar-refractivity contribution is 1.12. The van der Waals surface area contributed by atoms with E-state index in [-0.39, 0.29) is 0 Å². The van der Waals surface area contributed by atoms with Gasteiger partial charge in [-0.1, -0.05) is 55.5 Å². The van der Waals surface area contributed by atoms with Crippen LogP contribution in [0, 0.1) is 30.6 Å². The van der Waals surface area contributed by atoms with Crippen LogP contribution in [0.2, 0.25) is 0 Å². The molecule has 0 aliphatic heterocycles. The molecule has 0 atom stereocenters. The molecule has 2 aliphatic rings. The maximum Gasteiger partial charge on any atom is 0.0214 e. The molecule has 2 aromatic rings. The molecular formula is C18H13. The van der Waals surface area contributed by atoms with Crippen molar-refractivity contribution in [2.45, 2.75) is 6.92 Å². The van der Waals surface area contributed by atoms with Crippen molar-refractivity contribution < 1.29 is 0 Å². The van der Waals surface area contributed by atoms with Crippen LogP contribution in [0.15, 0.2) is 48.5 Å². The van der Waals surface area contributed by atoms with Gasteiger partial charge in [-0.3, -0.25) is 0 Å². The molecule has 0 heterocycles. The van der Waals surface area contributed by atoms with Gasteiger partial charge in [-0.25, -0.2) is 0 Å². The van der Waals surface area contributed by atoms with Crippen LogP contribution < -0.4 is 0 Å². The Hall–Kier alpha value is -1.56. The minimum atomic E-state index is 1.34. The van der Waals surface area contributed by atoms with E-state index in [0.29, 0.717) is 0 Å². The van der Waals surface area contributed by atoms with Crippen LogP contribution in [0.25, 0.3) is 11.1 Å². The number of hydrogen-bond acceptors (Lipinski definition) is 0. The highest BCUT2D eigenvalue weighted by Gasteiger charge is 2.41. The fraction of sp³-hybridized carbons (Fsp3) is 0.0556. The van der Waals surface area contributed by atoms with Crippen molar-refractivity contribution >= 4 is 0 Å². The molecule has 1 saturated carbocycles. The SMILES string of the molecule is C[C]1[CH][C]2[C]([CH]1)c1ccccc1-c1ccccc12. The second kappa shape index (κ2) is 3.71. The van der Waals surface area contributed by atoms with Gasteiger partial charge in [0.15, 0.2) is 0 Å². The molecule has 0 heteroatoms. The van der Waals surface area contributed by atoms with Crippen molar-refractivity contribution in [1.29, 1.82) is 0 Å². The van der Waals surface area contributed by atoms with Crippen LogP contribution >= 0.6 is 0 Å². The van der Waals surface area contributed by atoms with Crippen LogP contribution in [0.1, 0.15) is 18.1 Å². The molecule has 2 aliphatic carbocycles. The summed E-state index contributed by atoms with van der Waals surface area (Å²) in [7, 11) is 0. The van der Waals surface area contributed by atoms with Gasteiger partial charge in [0.25, 0.3) is 0 Å². The summed E-state index contributed by atoms with van der Waals surface area (Å²) >= 11 is 0. The normalized spacial score (nSPS) is 19.4. The Balaban J connectivity index is 2.00. The first kappa shape index (κ1) is 10.4. The third-order valence-electron chi connectivity index (χ3n) is 3.76. The molecule has 0 saturated heterocycles. The molecule has 0 spiro atoms. The first-order valence-corrected chi connectivity index (χ1v) is 6.31. The minimum absolute atomic E-state index is 1.34. The van der Waals surface area contributed by atoms with Crippen LogP contribution in [0.4, 0.5) is 0 Å². The van der Waals surface area contributed by atoms with Gasteiger partial charge in [-0.05, 0) is 41.0 Å². The summed E-state index contributed by atoms with van der Waals surface area (Å²) in [5.41, 5.74) is 5.43. The summed E-state index contributed by atoms with van der Waals surface area (Å²) < 4.78 is 0. The molecule has 85 valence electrons. The van der Waals surface area contributed by atoms with E-state index in [1.165, 1.54) is 40.0 Å². The quantitative estimate of drug-likeness (QED) is 0.634. The summed E-state index contributed by atoms with van der Waals surface area (Å²) in [4.78, 5) is 0. The van der Waals surface area contributed by atoms with E-state index in [2.05, 4.69) is 68.3 Å². The average Bonchev–Trinajstić information content (AvgIpc) is 2.81. The fourth-order valence-electron chi connectivity index (χ4n) is 3.00. The second-order valence-electron chi connectivity index (χ2n) is 4.95. The molecule has 0 bridgehead atoms. The predicted octanol–water partition coefficient (Wildman–Crippen LogP) is 4.23. The maximum atomic E-state index is 2.30. The van der Waals surface area contributed by atoms with Crippen molar-refractivity contribution in [2.24, 2.45) is 0 Å². The van der Waals surface area contributed by atoms with Gasteiger partial charge in [0.05, 0.1) is 0 Å². The lowest BCUT2D eigenvalue weighted by Gasteiger charge is -2.29. The highest BCUT2D eigenvalue weighted by Crippen LogP contribution is 2.54. The standard InChI is InChI=1S/C18H13/c1-12-10-17-15-8-4-2-6-13(15)14-7-3-5-9-16(14)18(17)11-12/h2-11H,1H3. The van der Waals surface area contributed by atoms with E-state index >= 15 is 0 Å². The molecule has 0 unspecified atom stereocenters. The number of fused-ring (bicyclic) bond motifs is 6. The predicted molar refractivity (Wildman–Crippen MR) is 74.1 cm³/mol. The van der Waals surface area contributed by atoms with Gasteiger partial charge in [0.2, 0.25) is 0 Å². The second-order valence-corrected chi connectivity index (χ2v) is 4.95. The summed E-state index contributed by atoms with van der Waals surface area (Å²) in [5, 5.41) is 0. The van der Waals surface area contributed by atoms with Crippen molar-refractivity contribution in [3.63, 3.8) is 0 Å². The Morgan fingerprint density at radius 3 is 1.39 bits per heavy atom. The van der Waals surface area contributed by atoms with Crippen LogP contribution in [0.3, 0.4) is 0 Å². The smallest absolute Gasteiger partial charge is 0.0214 e. The highest BCUT2D eigenvalue weighted by atomic mass is 14.4. The van der Waals surface area contributed by atoms with E-state index < -0.39 is 0 Å². The van der Waals surface area contributed by atoms with E-state index in [1.54, 1.807) is 0 Å². The lowest BCUT2D eigenvalue weighted by atomic mass is 9.73. The van der Waals surface area contributed by atoms with Gasteiger partial charge >= 0.3 is 0 Å². The zero-order valence-electron chi connectivity index (χ0n) is 10.3. The summed E-state index contributed by atoms with van der Waals surface area (Å²) in [5.74, 6) is 4.09. The first-order valence-electron chi connectivity index (χ1n) is 6.31. The zero-order chi connectivity index (χ0) is 12.1. The van der Waals surface area contributed by atoms with Crippen molar-refractivity contribution in [3.8, 4) is 11.1 Å². The highest BCUT2D eigenvalue weighted by molar-refractivity contribution is 5.86. The Labute approximate surface area is 109 Å². The lowest BCUT2D eigenvalue weighted by Crippen LogP contribution is -2.14. The zero-order valence-corrected chi connectivity index (χ0v) is 10.3. The molecule has 0 N–H and O–H groups in total.